The number of carbonyl (C=O) groups excluding carboxylic acids is 3. The van der Waals surface area contributed by atoms with Crippen LogP contribution in [-0.4, -0.2) is 54.4 Å². The van der Waals surface area contributed by atoms with Gasteiger partial charge < -0.3 is 20.3 Å². The number of likely N-dealkylation sites (tertiary alicyclic amines) is 1. The minimum Gasteiger partial charge on any atom is -0.497 e. The summed E-state index contributed by atoms with van der Waals surface area (Å²) in [7, 11) is 1.60. The van der Waals surface area contributed by atoms with Gasteiger partial charge >= 0.3 is 0 Å². The lowest BCUT2D eigenvalue weighted by Crippen LogP contribution is -2.50. The van der Waals surface area contributed by atoms with Crippen molar-refractivity contribution in [2.75, 3.05) is 13.7 Å². The van der Waals surface area contributed by atoms with Crippen molar-refractivity contribution in [3.63, 3.8) is 0 Å². The van der Waals surface area contributed by atoms with Gasteiger partial charge in [0.25, 0.3) is 5.91 Å². The third kappa shape index (κ3) is 5.28. The van der Waals surface area contributed by atoms with Gasteiger partial charge in [-0.15, -0.1) is 0 Å². The first-order valence-electron chi connectivity index (χ1n) is 10.6. The van der Waals surface area contributed by atoms with E-state index in [2.05, 4.69) is 10.6 Å². The first kappa shape index (κ1) is 21.1. The van der Waals surface area contributed by atoms with Crippen molar-refractivity contribution >= 4 is 17.7 Å². The van der Waals surface area contributed by atoms with Gasteiger partial charge in [-0.2, -0.15) is 0 Å². The average molecular weight is 402 g/mol. The fraction of sp³-hybridized carbons (Fsp3) is 0.591. The molecule has 3 amide bonds. The van der Waals surface area contributed by atoms with E-state index in [4.69, 9.17) is 4.74 Å². The summed E-state index contributed by atoms with van der Waals surface area (Å²) in [6.45, 7) is 2.51. The lowest BCUT2D eigenvalue weighted by Gasteiger charge is -2.31. The standard InChI is InChI=1S/C22H31N3O4/c1-3-20(26)25-14-4-5-19(25)22(28)24-17-10-8-16(9-11-17)23-21(27)15-6-12-18(29-2)13-7-15/h6-7,12-13,16-17,19H,3-5,8-11,14H2,1-2H3,(H,23,27)(H,24,28)/t16?,17?,19-/m0/s1. The maximum absolute atomic E-state index is 12.7. The fourth-order valence-electron chi connectivity index (χ4n) is 4.23. The molecule has 1 aromatic rings. The Balaban J connectivity index is 1.44. The second-order valence-electron chi connectivity index (χ2n) is 7.86. The van der Waals surface area contributed by atoms with Gasteiger partial charge in [-0.05, 0) is 62.8 Å². The van der Waals surface area contributed by atoms with E-state index in [9.17, 15) is 14.4 Å². The molecular formula is C22H31N3O4. The molecule has 158 valence electrons. The van der Waals surface area contributed by atoms with Gasteiger partial charge in [0.05, 0.1) is 7.11 Å². The molecule has 1 aromatic carbocycles. The molecule has 0 aromatic heterocycles. The number of nitrogens with one attached hydrogen (secondary N) is 2. The molecule has 2 N–H and O–H groups in total. The van der Waals surface area contributed by atoms with Crippen molar-refractivity contribution in [1.29, 1.82) is 0 Å². The van der Waals surface area contributed by atoms with Crippen LogP contribution in [-0.2, 0) is 9.59 Å². The lowest BCUT2D eigenvalue weighted by atomic mass is 9.90. The van der Waals surface area contributed by atoms with Crippen molar-refractivity contribution in [3.8, 4) is 5.75 Å². The lowest BCUT2D eigenvalue weighted by molar-refractivity contribution is -0.138. The number of hydrogen-bond acceptors (Lipinski definition) is 4. The summed E-state index contributed by atoms with van der Waals surface area (Å²) in [4.78, 5) is 38.8. The zero-order valence-electron chi connectivity index (χ0n) is 17.3. The third-order valence-electron chi connectivity index (χ3n) is 5.94. The van der Waals surface area contributed by atoms with Crippen molar-refractivity contribution in [1.82, 2.24) is 15.5 Å². The van der Waals surface area contributed by atoms with Gasteiger partial charge in [0.2, 0.25) is 11.8 Å². The van der Waals surface area contributed by atoms with Crippen LogP contribution in [0.3, 0.4) is 0 Å². The number of nitrogens with zero attached hydrogens (tertiary/aromatic N) is 1. The Morgan fingerprint density at radius 1 is 1.00 bits per heavy atom. The Morgan fingerprint density at radius 2 is 1.62 bits per heavy atom. The molecule has 1 heterocycles. The van der Waals surface area contributed by atoms with E-state index in [1.165, 1.54) is 0 Å². The molecule has 1 saturated carbocycles. The number of carbonyl (C=O) groups is 3. The van der Waals surface area contributed by atoms with Gasteiger partial charge in [-0.1, -0.05) is 6.92 Å². The summed E-state index contributed by atoms with van der Waals surface area (Å²) in [6, 6.07) is 6.96. The summed E-state index contributed by atoms with van der Waals surface area (Å²) in [5, 5.41) is 6.21. The summed E-state index contributed by atoms with van der Waals surface area (Å²) >= 11 is 0. The van der Waals surface area contributed by atoms with Crippen LogP contribution in [0, 0.1) is 0 Å². The van der Waals surface area contributed by atoms with Crippen molar-refractivity contribution in [3.05, 3.63) is 29.8 Å². The highest BCUT2D eigenvalue weighted by atomic mass is 16.5. The predicted octanol–water partition coefficient (Wildman–Crippen LogP) is 2.25. The summed E-state index contributed by atoms with van der Waals surface area (Å²) in [6.07, 6.45) is 5.37. The number of hydrogen-bond donors (Lipinski definition) is 2. The molecule has 0 spiro atoms. The van der Waals surface area contributed by atoms with E-state index in [0.717, 1.165) is 44.3 Å². The van der Waals surface area contributed by atoms with E-state index in [-0.39, 0.29) is 35.8 Å². The van der Waals surface area contributed by atoms with Gasteiger partial charge in [-0.3, -0.25) is 14.4 Å². The Morgan fingerprint density at radius 3 is 2.21 bits per heavy atom. The Kier molecular flexibility index (Phi) is 7.12. The Labute approximate surface area is 172 Å². The average Bonchev–Trinajstić information content (AvgIpc) is 3.24. The van der Waals surface area contributed by atoms with Gasteiger partial charge in [0.1, 0.15) is 11.8 Å². The fourth-order valence-corrected chi connectivity index (χ4v) is 4.23. The zero-order valence-corrected chi connectivity index (χ0v) is 17.3. The summed E-state index contributed by atoms with van der Waals surface area (Å²) < 4.78 is 5.12. The first-order chi connectivity index (χ1) is 14.0. The molecule has 2 aliphatic rings. The van der Waals surface area contributed by atoms with Crippen LogP contribution in [0.15, 0.2) is 24.3 Å². The van der Waals surface area contributed by atoms with Crippen LogP contribution in [0.5, 0.6) is 5.75 Å². The normalized spacial score (nSPS) is 24.1. The van der Waals surface area contributed by atoms with Crippen LogP contribution in [0.4, 0.5) is 0 Å². The summed E-state index contributed by atoms with van der Waals surface area (Å²) in [5.41, 5.74) is 0.614. The second-order valence-corrected chi connectivity index (χ2v) is 7.86. The molecule has 1 saturated heterocycles. The molecule has 0 bridgehead atoms. The number of methoxy groups -OCH3 is 1. The highest BCUT2D eigenvalue weighted by molar-refractivity contribution is 5.94. The van der Waals surface area contributed by atoms with Crippen LogP contribution in [0.2, 0.25) is 0 Å². The topological polar surface area (TPSA) is 87.7 Å². The molecule has 7 nitrogen and oxygen atoms in total. The molecule has 29 heavy (non-hydrogen) atoms. The molecule has 7 heteroatoms. The maximum atomic E-state index is 12.7. The Bertz CT molecular complexity index is 726. The maximum Gasteiger partial charge on any atom is 0.251 e. The monoisotopic (exact) mass is 401 g/mol. The van der Waals surface area contributed by atoms with Crippen molar-refractivity contribution in [2.24, 2.45) is 0 Å². The van der Waals surface area contributed by atoms with E-state index in [0.29, 0.717) is 18.5 Å². The third-order valence-corrected chi connectivity index (χ3v) is 5.94. The number of rotatable bonds is 6. The largest absolute Gasteiger partial charge is 0.497 e. The van der Waals surface area contributed by atoms with Crippen molar-refractivity contribution in [2.45, 2.75) is 70.0 Å². The Hall–Kier alpha value is -2.57. The predicted molar refractivity (Wildman–Crippen MR) is 110 cm³/mol. The second kappa shape index (κ2) is 9.76. The molecule has 3 rings (SSSR count). The van der Waals surface area contributed by atoms with E-state index >= 15 is 0 Å². The smallest absolute Gasteiger partial charge is 0.251 e. The summed E-state index contributed by atoms with van der Waals surface area (Å²) in [5.74, 6) is 0.654. The molecule has 2 fully saturated rings. The highest BCUT2D eigenvalue weighted by Crippen LogP contribution is 2.22. The molecule has 1 aliphatic carbocycles. The van der Waals surface area contributed by atoms with Gasteiger partial charge in [0.15, 0.2) is 0 Å². The van der Waals surface area contributed by atoms with Gasteiger partial charge in [-0.25, -0.2) is 0 Å². The molecule has 0 radical (unpaired) electrons. The van der Waals surface area contributed by atoms with Crippen LogP contribution in [0.25, 0.3) is 0 Å². The van der Waals surface area contributed by atoms with Crippen LogP contribution < -0.4 is 15.4 Å². The minimum absolute atomic E-state index is 0.0324. The van der Waals surface area contributed by atoms with E-state index < -0.39 is 0 Å². The number of amides is 3. The van der Waals surface area contributed by atoms with Crippen molar-refractivity contribution < 1.29 is 19.1 Å². The highest BCUT2D eigenvalue weighted by Gasteiger charge is 2.34. The molecule has 1 aliphatic heterocycles. The number of benzene rings is 1. The van der Waals surface area contributed by atoms with Gasteiger partial charge in [0, 0.05) is 30.6 Å². The molecule has 0 unspecified atom stereocenters. The quantitative estimate of drug-likeness (QED) is 0.765. The number of ether oxygens (including phenoxy) is 1. The molecular weight excluding hydrogens is 370 g/mol. The van der Waals surface area contributed by atoms with E-state index in [1.807, 2.05) is 6.92 Å². The molecule has 1 atom stereocenters. The first-order valence-corrected chi connectivity index (χ1v) is 10.6. The van der Waals surface area contributed by atoms with Crippen LogP contribution in [0.1, 0.15) is 62.2 Å². The van der Waals surface area contributed by atoms with E-state index in [1.54, 1.807) is 36.3 Å². The zero-order chi connectivity index (χ0) is 20.8. The van der Waals surface area contributed by atoms with Crippen LogP contribution >= 0.6 is 0 Å². The minimum atomic E-state index is -0.324. The SMILES string of the molecule is CCC(=O)N1CCC[C@H]1C(=O)NC1CCC(NC(=O)c2ccc(OC)cc2)CC1.